The van der Waals surface area contributed by atoms with Gasteiger partial charge in [0.2, 0.25) is 5.91 Å². The van der Waals surface area contributed by atoms with Crippen LogP contribution in [0.1, 0.15) is 26.7 Å². The summed E-state index contributed by atoms with van der Waals surface area (Å²) in [4.78, 5) is 25.7. The second-order valence-electron chi connectivity index (χ2n) is 4.82. The van der Waals surface area contributed by atoms with Crippen molar-refractivity contribution < 1.29 is 14.0 Å². The van der Waals surface area contributed by atoms with E-state index in [4.69, 9.17) is 0 Å². The summed E-state index contributed by atoms with van der Waals surface area (Å²) in [6.07, 6.45) is 0.950. The highest BCUT2D eigenvalue weighted by atomic mass is 79.9. The van der Waals surface area contributed by atoms with Crippen molar-refractivity contribution in [3.05, 3.63) is 28.5 Å². The van der Waals surface area contributed by atoms with Crippen LogP contribution in [-0.2, 0) is 9.59 Å². The third-order valence-corrected chi connectivity index (χ3v) is 4.24. The average molecular weight is 343 g/mol. The van der Waals surface area contributed by atoms with E-state index in [1.54, 1.807) is 6.07 Å². The van der Waals surface area contributed by atoms with E-state index in [-0.39, 0.29) is 24.0 Å². The Balaban J connectivity index is 2.45. The quantitative estimate of drug-likeness (QED) is 0.917. The highest BCUT2D eigenvalue weighted by molar-refractivity contribution is 9.10. The molecule has 1 aromatic rings. The summed E-state index contributed by atoms with van der Waals surface area (Å²) >= 11 is 3.17. The Kier molecular flexibility index (Phi) is 4.13. The topological polar surface area (TPSA) is 49.4 Å². The predicted octanol–water partition coefficient (Wildman–Crippen LogP) is 2.61. The number of rotatable bonds is 3. The fourth-order valence-electron chi connectivity index (χ4n) is 2.46. The van der Waals surface area contributed by atoms with Gasteiger partial charge in [-0.05, 0) is 31.0 Å². The van der Waals surface area contributed by atoms with Gasteiger partial charge in [-0.2, -0.15) is 0 Å². The SMILES string of the molecule is CCC1(CC)NC(=O)CN(c2ccc(Br)cc2F)C1=O. The normalized spacial score (nSPS) is 18.1. The number of carbonyl (C=O) groups excluding carboxylic acids is 2. The lowest BCUT2D eigenvalue weighted by atomic mass is 9.88. The van der Waals surface area contributed by atoms with Crippen molar-refractivity contribution in [1.82, 2.24) is 5.32 Å². The van der Waals surface area contributed by atoms with Crippen molar-refractivity contribution in [2.75, 3.05) is 11.4 Å². The second-order valence-corrected chi connectivity index (χ2v) is 5.74. The molecule has 2 amide bonds. The molecular formula is C14H16BrFN2O2. The fraction of sp³-hybridized carbons (Fsp3) is 0.429. The van der Waals surface area contributed by atoms with E-state index in [0.29, 0.717) is 17.3 Å². The number of halogens is 2. The van der Waals surface area contributed by atoms with Crippen LogP contribution in [-0.4, -0.2) is 23.9 Å². The van der Waals surface area contributed by atoms with Crippen LogP contribution in [0.4, 0.5) is 10.1 Å². The monoisotopic (exact) mass is 342 g/mol. The van der Waals surface area contributed by atoms with Crippen LogP contribution in [0.15, 0.2) is 22.7 Å². The van der Waals surface area contributed by atoms with Crippen LogP contribution < -0.4 is 10.2 Å². The van der Waals surface area contributed by atoms with Gasteiger partial charge in [0.1, 0.15) is 17.9 Å². The largest absolute Gasteiger partial charge is 0.340 e. The lowest BCUT2D eigenvalue weighted by Gasteiger charge is -2.41. The summed E-state index contributed by atoms with van der Waals surface area (Å²) in [5.74, 6) is -1.05. The number of nitrogens with zero attached hydrogens (tertiary/aromatic N) is 1. The molecule has 2 rings (SSSR count). The van der Waals surface area contributed by atoms with Gasteiger partial charge in [-0.3, -0.25) is 14.5 Å². The molecule has 1 aromatic carbocycles. The number of hydrogen-bond donors (Lipinski definition) is 1. The molecule has 0 atom stereocenters. The van der Waals surface area contributed by atoms with Gasteiger partial charge in [-0.1, -0.05) is 29.8 Å². The number of benzene rings is 1. The maximum atomic E-state index is 14.0. The molecule has 0 aliphatic carbocycles. The summed E-state index contributed by atoms with van der Waals surface area (Å²) in [6.45, 7) is 3.52. The van der Waals surface area contributed by atoms with Crippen LogP contribution in [0.2, 0.25) is 0 Å². The van der Waals surface area contributed by atoms with E-state index in [2.05, 4.69) is 21.2 Å². The van der Waals surface area contributed by atoms with Crippen molar-refractivity contribution in [3.63, 3.8) is 0 Å². The number of piperazine rings is 1. The van der Waals surface area contributed by atoms with Crippen LogP contribution in [0.25, 0.3) is 0 Å². The molecule has 20 heavy (non-hydrogen) atoms. The molecule has 0 unspecified atom stereocenters. The van der Waals surface area contributed by atoms with Crippen molar-refractivity contribution >= 4 is 33.4 Å². The van der Waals surface area contributed by atoms with Gasteiger partial charge in [0, 0.05) is 4.47 Å². The zero-order valence-corrected chi connectivity index (χ0v) is 13.0. The number of nitrogens with one attached hydrogen (secondary N) is 1. The Bertz CT molecular complexity index is 558. The first-order chi connectivity index (χ1) is 9.43. The minimum Gasteiger partial charge on any atom is -0.340 e. The lowest BCUT2D eigenvalue weighted by molar-refractivity contribution is -0.136. The van der Waals surface area contributed by atoms with Crippen molar-refractivity contribution in [1.29, 1.82) is 0 Å². The van der Waals surface area contributed by atoms with Gasteiger partial charge in [0.15, 0.2) is 0 Å². The Hall–Kier alpha value is -1.43. The molecule has 1 aliphatic heterocycles. The van der Waals surface area contributed by atoms with Gasteiger partial charge in [-0.15, -0.1) is 0 Å². The van der Waals surface area contributed by atoms with Gasteiger partial charge < -0.3 is 5.32 Å². The van der Waals surface area contributed by atoms with E-state index in [1.807, 2.05) is 13.8 Å². The zero-order valence-electron chi connectivity index (χ0n) is 11.4. The first-order valence-electron chi connectivity index (χ1n) is 6.51. The van der Waals surface area contributed by atoms with Crippen molar-refractivity contribution in [2.24, 2.45) is 0 Å². The standard InChI is InChI=1S/C14H16BrFN2O2/c1-3-14(4-2)13(20)18(8-12(19)17-14)11-6-5-9(15)7-10(11)16/h5-7H,3-4,8H2,1-2H3,(H,17,19). The minimum atomic E-state index is -0.936. The van der Waals surface area contributed by atoms with Crippen LogP contribution in [0, 0.1) is 5.82 Å². The molecule has 0 saturated carbocycles. The zero-order chi connectivity index (χ0) is 14.9. The number of anilines is 1. The Labute approximate surface area is 125 Å². The minimum absolute atomic E-state index is 0.138. The van der Waals surface area contributed by atoms with Crippen LogP contribution in [0.5, 0.6) is 0 Å². The summed E-state index contributed by atoms with van der Waals surface area (Å²) in [5.41, 5.74) is -0.797. The molecule has 1 saturated heterocycles. The van der Waals surface area contributed by atoms with Gasteiger partial charge in [0.25, 0.3) is 5.91 Å². The summed E-state index contributed by atoms with van der Waals surface area (Å²) in [7, 11) is 0. The van der Waals surface area contributed by atoms with E-state index in [9.17, 15) is 14.0 Å². The van der Waals surface area contributed by atoms with Crippen molar-refractivity contribution in [2.45, 2.75) is 32.2 Å². The molecule has 1 aliphatic rings. The Morgan fingerprint density at radius 2 is 2.00 bits per heavy atom. The predicted molar refractivity (Wildman–Crippen MR) is 77.9 cm³/mol. The maximum absolute atomic E-state index is 14.0. The number of carbonyl (C=O) groups is 2. The maximum Gasteiger partial charge on any atom is 0.253 e. The van der Waals surface area contributed by atoms with E-state index < -0.39 is 11.4 Å². The molecule has 0 radical (unpaired) electrons. The molecule has 0 bridgehead atoms. The van der Waals surface area contributed by atoms with Crippen LogP contribution in [0.3, 0.4) is 0 Å². The molecule has 4 nitrogen and oxygen atoms in total. The smallest absolute Gasteiger partial charge is 0.253 e. The van der Waals surface area contributed by atoms with E-state index >= 15 is 0 Å². The van der Waals surface area contributed by atoms with E-state index in [0.717, 1.165) is 0 Å². The lowest BCUT2D eigenvalue weighted by Crippen LogP contribution is -2.66. The Morgan fingerprint density at radius 3 is 2.55 bits per heavy atom. The molecular weight excluding hydrogens is 327 g/mol. The average Bonchev–Trinajstić information content (AvgIpc) is 2.41. The Morgan fingerprint density at radius 1 is 1.35 bits per heavy atom. The third kappa shape index (κ3) is 2.44. The number of hydrogen-bond acceptors (Lipinski definition) is 2. The molecule has 108 valence electrons. The van der Waals surface area contributed by atoms with Gasteiger partial charge in [0.05, 0.1) is 5.69 Å². The molecule has 0 spiro atoms. The first-order valence-corrected chi connectivity index (χ1v) is 7.31. The van der Waals surface area contributed by atoms with Gasteiger partial charge >= 0.3 is 0 Å². The fourth-order valence-corrected chi connectivity index (χ4v) is 2.79. The molecule has 6 heteroatoms. The van der Waals surface area contributed by atoms with Gasteiger partial charge in [-0.25, -0.2) is 4.39 Å². The second kappa shape index (κ2) is 5.52. The van der Waals surface area contributed by atoms with Crippen molar-refractivity contribution in [3.8, 4) is 0 Å². The van der Waals surface area contributed by atoms with Crippen LogP contribution >= 0.6 is 15.9 Å². The molecule has 1 fully saturated rings. The summed E-state index contributed by atoms with van der Waals surface area (Å²) < 4.78 is 14.6. The molecule has 1 heterocycles. The molecule has 1 N–H and O–H groups in total. The summed E-state index contributed by atoms with van der Waals surface area (Å²) in [5, 5.41) is 2.75. The highest BCUT2D eigenvalue weighted by Gasteiger charge is 2.45. The summed E-state index contributed by atoms with van der Waals surface area (Å²) in [6, 6.07) is 4.44. The first kappa shape index (κ1) is 15.0. The highest BCUT2D eigenvalue weighted by Crippen LogP contribution is 2.29. The third-order valence-electron chi connectivity index (χ3n) is 3.74. The molecule has 0 aromatic heterocycles. The van der Waals surface area contributed by atoms with E-state index in [1.165, 1.54) is 17.0 Å². The number of amides is 2.